The van der Waals surface area contributed by atoms with Crippen molar-refractivity contribution in [3.63, 3.8) is 0 Å². The highest BCUT2D eigenvalue weighted by atomic mass is 35.5. The summed E-state index contributed by atoms with van der Waals surface area (Å²) in [4.78, 5) is 12.6. The van der Waals surface area contributed by atoms with Gasteiger partial charge in [-0.2, -0.15) is 0 Å². The van der Waals surface area contributed by atoms with Gasteiger partial charge < -0.3 is 10.5 Å². The molecule has 1 aromatic carbocycles. The Hall–Kier alpha value is -0.870. The fraction of sp³-hybridized carbons (Fsp3) is 0.462. The predicted octanol–water partition coefficient (Wildman–Crippen LogP) is 3.75. The molecule has 0 aliphatic rings. The van der Waals surface area contributed by atoms with E-state index in [1.165, 1.54) is 18.9 Å². The predicted molar refractivity (Wildman–Crippen MR) is 77.1 cm³/mol. The standard InChI is InChI=1S/C13H18ClNO2S/c1-3-4-5-12(13(16)17-2)18-11-7-6-9(14)8-10(11)15/h6-8,12H,3-5,15H2,1-2H3. The first-order valence-electron chi connectivity index (χ1n) is 5.88. The van der Waals surface area contributed by atoms with E-state index in [2.05, 4.69) is 6.92 Å². The minimum absolute atomic E-state index is 0.206. The van der Waals surface area contributed by atoms with Crippen LogP contribution in [0.2, 0.25) is 5.02 Å². The van der Waals surface area contributed by atoms with Crippen molar-refractivity contribution < 1.29 is 9.53 Å². The topological polar surface area (TPSA) is 52.3 Å². The Morgan fingerprint density at radius 2 is 2.28 bits per heavy atom. The molecule has 18 heavy (non-hydrogen) atoms. The van der Waals surface area contributed by atoms with E-state index in [1.807, 2.05) is 6.07 Å². The van der Waals surface area contributed by atoms with Gasteiger partial charge >= 0.3 is 5.97 Å². The van der Waals surface area contributed by atoms with Crippen molar-refractivity contribution >= 4 is 35.0 Å². The number of thioether (sulfide) groups is 1. The second-order valence-corrected chi connectivity index (χ2v) is 5.64. The number of esters is 1. The third-order valence-corrected chi connectivity index (χ3v) is 4.10. The fourth-order valence-electron chi connectivity index (χ4n) is 1.53. The molecular formula is C13H18ClNO2S. The molecule has 0 aliphatic heterocycles. The van der Waals surface area contributed by atoms with Crippen LogP contribution >= 0.6 is 23.4 Å². The van der Waals surface area contributed by atoms with Gasteiger partial charge in [0.2, 0.25) is 0 Å². The van der Waals surface area contributed by atoms with Crippen LogP contribution in [0.4, 0.5) is 5.69 Å². The van der Waals surface area contributed by atoms with Crippen LogP contribution in [0.25, 0.3) is 0 Å². The quantitative estimate of drug-likeness (QED) is 0.492. The average Bonchev–Trinajstić information content (AvgIpc) is 2.36. The smallest absolute Gasteiger partial charge is 0.319 e. The van der Waals surface area contributed by atoms with Gasteiger partial charge in [0.05, 0.1) is 7.11 Å². The van der Waals surface area contributed by atoms with Crippen LogP contribution in [0.3, 0.4) is 0 Å². The van der Waals surface area contributed by atoms with E-state index in [1.54, 1.807) is 12.1 Å². The Kier molecular flexibility index (Phi) is 6.36. The monoisotopic (exact) mass is 287 g/mol. The Bertz CT molecular complexity index is 412. The number of ether oxygens (including phenoxy) is 1. The van der Waals surface area contributed by atoms with Crippen LogP contribution in [0.1, 0.15) is 26.2 Å². The molecular weight excluding hydrogens is 270 g/mol. The highest BCUT2D eigenvalue weighted by Crippen LogP contribution is 2.33. The summed E-state index contributed by atoms with van der Waals surface area (Å²) in [6, 6.07) is 5.30. The van der Waals surface area contributed by atoms with Gasteiger partial charge in [-0.15, -0.1) is 11.8 Å². The molecule has 0 aromatic heterocycles. The van der Waals surface area contributed by atoms with Crippen LogP contribution in [0.5, 0.6) is 0 Å². The first-order valence-corrected chi connectivity index (χ1v) is 7.13. The zero-order chi connectivity index (χ0) is 13.5. The normalized spacial score (nSPS) is 12.2. The summed E-state index contributed by atoms with van der Waals surface area (Å²) in [6.07, 6.45) is 2.82. The Balaban J connectivity index is 2.78. The maximum absolute atomic E-state index is 11.7. The second-order valence-electron chi connectivity index (χ2n) is 3.95. The van der Waals surface area contributed by atoms with Crippen molar-refractivity contribution in [3.8, 4) is 0 Å². The van der Waals surface area contributed by atoms with E-state index in [-0.39, 0.29) is 11.2 Å². The highest BCUT2D eigenvalue weighted by molar-refractivity contribution is 8.00. The molecule has 1 rings (SSSR count). The van der Waals surface area contributed by atoms with E-state index in [4.69, 9.17) is 22.1 Å². The number of nitrogen functional groups attached to an aromatic ring is 1. The molecule has 0 aliphatic carbocycles. The number of methoxy groups -OCH3 is 1. The third kappa shape index (κ3) is 4.42. The van der Waals surface area contributed by atoms with Gasteiger partial charge in [-0.25, -0.2) is 0 Å². The highest BCUT2D eigenvalue weighted by Gasteiger charge is 2.20. The van der Waals surface area contributed by atoms with Crippen molar-refractivity contribution in [3.05, 3.63) is 23.2 Å². The van der Waals surface area contributed by atoms with Crippen LogP contribution in [-0.4, -0.2) is 18.3 Å². The van der Waals surface area contributed by atoms with Gasteiger partial charge in [-0.1, -0.05) is 31.4 Å². The maximum atomic E-state index is 11.7. The maximum Gasteiger partial charge on any atom is 0.319 e. The lowest BCUT2D eigenvalue weighted by molar-refractivity contribution is -0.140. The number of hydrogen-bond acceptors (Lipinski definition) is 4. The van der Waals surface area contributed by atoms with Crippen LogP contribution < -0.4 is 5.73 Å². The molecule has 1 unspecified atom stereocenters. The van der Waals surface area contributed by atoms with E-state index < -0.39 is 0 Å². The van der Waals surface area contributed by atoms with Gasteiger partial charge in [-0.3, -0.25) is 4.79 Å². The van der Waals surface area contributed by atoms with Gasteiger partial charge in [0.15, 0.2) is 0 Å². The molecule has 3 nitrogen and oxygen atoms in total. The summed E-state index contributed by atoms with van der Waals surface area (Å²) in [5.74, 6) is -0.206. The minimum atomic E-state index is -0.210. The third-order valence-electron chi connectivity index (χ3n) is 2.53. The van der Waals surface area contributed by atoms with Gasteiger partial charge in [0.1, 0.15) is 5.25 Å². The Morgan fingerprint density at radius 3 is 2.83 bits per heavy atom. The Labute approximate surface area is 117 Å². The lowest BCUT2D eigenvalue weighted by atomic mass is 10.2. The summed E-state index contributed by atoms with van der Waals surface area (Å²) in [7, 11) is 1.41. The molecule has 0 saturated carbocycles. The molecule has 1 atom stereocenters. The van der Waals surface area contributed by atoms with E-state index in [9.17, 15) is 4.79 Å². The second kappa shape index (κ2) is 7.54. The number of hydrogen-bond donors (Lipinski definition) is 1. The number of halogens is 1. The molecule has 0 fully saturated rings. The molecule has 5 heteroatoms. The lowest BCUT2D eigenvalue weighted by Gasteiger charge is -2.15. The van der Waals surface area contributed by atoms with Gasteiger partial charge in [-0.05, 0) is 24.6 Å². The lowest BCUT2D eigenvalue weighted by Crippen LogP contribution is -2.18. The number of carbonyl (C=O) groups is 1. The zero-order valence-electron chi connectivity index (χ0n) is 10.6. The van der Waals surface area contributed by atoms with Crippen molar-refractivity contribution in [1.82, 2.24) is 0 Å². The molecule has 0 saturated heterocycles. The molecule has 100 valence electrons. The molecule has 0 bridgehead atoms. The van der Waals surface area contributed by atoms with E-state index in [0.717, 1.165) is 24.2 Å². The largest absolute Gasteiger partial charge is 0.468 e. The first kappa shape index (κ1) is 15.2. The van der Waals surface area contributed by atoms with Gasteiger partial charge in [0, 0.05) is 15.6 Å². The molecule has 1 aromatic rings. The number of unbranched alkanes of at least 4 members (excludes halogenated alkanes) is 1. The van der Waals surface area contributed by atoms with Crippen LogP contribution in [-0.2, 0) is 9.53 Å². The number of carbonyl (C=O) groups excluding carboxylic acids is 1. The summed E-state index contributed by atoms with van der Waals surface area (Å²) in [5, 5.41) is 0.387. The van der Waals surface area contributed by atoms with Crippen molar-refractivity contribution in [1.29, 1.82) is 0 Å². The summed E-state index contributed by atoms with van der Waals surface area (Å²) in [5.41, 5.74) is 6.48. The average molecular weight is 288 g/mol. The minimum Gasteiger partial charge on any atom is -0.468 e. The summed E-state index contributed by atoms with van der Waals surface area (Å²) >= 11 is 7.28. The SMILES string of the molecule is CCCCC(Sc1ccc(Cl)cc1N)C(=O)OC. The zero-order valence-corrected chi connectivity index (χ0v) is 12.2. The number of anilines is 1. The first-order chi connectivity index (χ1) is 8.58. The van der Waals surface area contributed by atoms with Crippen molar-refractivity contribution in [2.45, 2.75) is 36.3 Å². The van der Waals surface area contributed by atoms with E-state index >= 15 is 0 Å². The summed E-state index contributed by atoms with van der Waals surface area (Å²) < 4.78 is 4.82. The van der Waals surface area contributed by atoms with Crippen LogP contribution in [0.15, 0.2) is 23.1 Å². The van der Waals surface area contributed by atoms with Gasteiger partial charge in [0.25, 0.3) is 0 Å². The number of rotatable bonds is 6. The van der Waals surface area contributed by atoms with Crippen molar-refractivity contribution in [2.75, 3.05) is 12.8 Å². The number of nitrogens with two attached hydrogens (primary N) is 1. The van der Waals surface area contributed by atoms with E-state index in [0.29, 0.717) is 10.7 Å². The molecule has 0 amide bonds. The van der Waals surface area contributed by atoms with Crippen LogP contribution in [0, 0.1) is 0 Å². The number of benzene rings is 1. The molecule has 2 N–H and O–H groups in total. The summed E-state index contributed by atoms with van der Waals surface area (Å²) in [6.45, 7) is 2.09. The molecule has 0 heterocycles. The van der Waals surface area contributed by atoms with Crippen molar-refractivity contribution in [2.24, 2.45) is 0 Å². The molecule has 0 radical (unpaired) electrons. The fourth-order valence-corrected chi connectivity index (χ4v) is 2.83. The Morgan fingerprint density at radius 1 is 1.56 bits per heavy atom. The molecule has 0 spiro atoms.